The molecule has 0 bridgehead atoms. The number of nitrogens with two attached hydrogens (primary N) is 1. The molecule has 3 nitrogen and oxygen atoms in total. The van der Waals surface area contributed by atoms with Gasteiger partial charge in [0.05, 0.1) is 12.1 Å². The monoisotopic (exact) mass is 226 g/mol. The molecule has 4 heteroatoms. The van der Waals surface area contributed by atoms with E-state index in [4.69, 9.17) is 5.73 Å². The van der Waals surface area contributed by atoms with Crippen molar-refractivity contribution >= 4 is 17.1 Å². The zero-order valence-electron chi connectivity index (χ0n) is 9.54. The van der Waals surface area contributed by atoms with Gasteiger partial charge < -0.3 is 5.73 Å². The summed E-state index contributed by atoms with van der Waals surface area (Å²) in [6, 6.07) is -0.000318. The van der Waals surface area contributed by atoms with Crippen LogP contribution in [0.25, 0.3) is 0 Å². The number of nitrogens with zero attached hydrogens (tertiary/aromatic N) is 1. The van der Waals surface area contributed by atoms with Crippen LogP contribution in [0, 0.1) is 13.8 Å². The topological polar surface area (TPSA) is 56.0 Å². The van der Waals surface area contributed by atoms with Crippen LogP contribution in [0.4, 0.5) is 0 Å². The van der Waals surface area contributed by atoms with Crippen molar-refractivity contribution in [1.82, 2.24) is 4.98 Å². The van der Waals surface area contributed by atoms with E-state index < -0.39 is 0 Å². The van der Waals surface area contributed by atoms with E-state index in [1.54, 1.807) is 11.3 Å². The fourth-order valence-corrected chi connectivity index (χ4v) is 2.25. The first-order valence-electron chi connectivity index (χ1n) is 5.23. The summed E-state index contributed by atoms with van der Waals surface area (Å²) in [5.41, 5.74) is 6.75. The molecule has 0 aliphatic rings. The third-order valence-corrected chi connectivity index (χ3v) is 3.51. The second-order valence-corrected chi connectivity index (χ2v) is 5.12. The minimum Gasteiger partial charge on any atom is -0.327 e. The Kier molecular flexibility index (Phi) is 4.42. The summed E-state index contributed by atoms with van der Waals surface area (Å²) in [5, 5.41) is 0.915. The number of aryl methyl sites for hydroxylation is 2. The quantitative estimate of drug-likeness (QED) is 0.835. The molecular formula is C11H18N2OS. The van der Waals surface area contributed by atoms with Gasteiger partial charge in [-0.1, -0.05) is 6.92 Å². The standard InChI is InChI=1S/C11H18N2OS/c1-4-9(12)5-10(14)6-11-13-7(2)8(3)15-11/h9H,4-6,12H2,1-3H3. The minimum absolute atomic E-state index is 0.000318. The van der Waals surface area contributed by atoms with Gasteiger partial charge in [-0.15, -0.1) is 11.3 Å². The molecule has 1 atom stereocenters. The highest BCUT2D eigenvalue weighted by atomic mass is 32.1. The van der Waals surface area contributed by atoms with Crippen LogP contribution in [-0.2, 0) is 11.2 Å². The lowest BCUT2D eigenvalue weighted by Gasteiger charge is -2.05. The number of hydrogen-bond donors (Lipinski definition) is 1. The highest BCUT2D eigenvalue weighted by Crippen LogP contribution is 2.17. The fourth-order valence-electron chi connectivity index (χ4n) is 1.29. The second-order valence-electron chi connectivity index (χ2n) is 3.84. The predicted molar refractivity (Wildman–Crippen MR) is 63.2 cm³/mol. The van der Waals surface area contributed by atoms with E-state index in [0.29, 0.717) is 12.8 Å². The van der Waals surface area contributed by atoms with Gasteiger partial charge in [-0.2, -0.15) is 0 Å². The Hall–Kier alpha value is -0.740. The molecule has 1 rings (SSSR count). The molecule has 1 aromatic heterocycles. The molecule has 2 N–H and O–H groups in total. The number of hydrogen-bond acceptors (Lipinski definition) is 4. The normalized spacial score (nSPS) is 12.8. The lowest BCUT2D eigenvalue weighted by atomic mass is 10.1. The number of carbonyl (C=O) groups is 1. The Morgan fingerprint density at radius 3 is 2.67 bits per heavy atom. The van der Waals surface area contributed by atoms with Crippen molar-refractivity contribution < 1.29 is 4.79 Å². The van der Waals surface area contributed by atoms with E-state index in [1.165, 1.54) is 4.88 Å². The third kappa shape index (κ3) is 3.72. The average molecular weight is 226 g/mol. The molecule has 0 amide bonds. The summed E-state index contributed by atoms with van der Waals surface area (Å²) in [7, 11) is 0. The molecule has 0 saturated heterocycles. The van der Waals surface area contributed by atoms with Gasteiger partial charge >= 0.3 is 0 Å². The summed E-state index contributed by atoms with van der Waals surface area (Å²) in [6.07, 6.45) is 1.75. The van der Waals surface area contributed by atoms with Crippen molar-refractivity contribution in [2.45, 2.75) is 46.1 Å². The maximum Gasteiger partial charge on any atom is 0.141 e. The Balaban J connectivity index is 2.51. The second kappa shape index (κ2) is 5.37. The van der Waals surface area contributed by atoms with Gasteiger partial charge in [0, 0.05) is 17.3 Å². The van der Waals surface area contributed by atoms with Crippen LogP contribution in [0.5, 0.6) is 0 Å². The first-order chi connectivity index (χ1) is 7.02. The number of Topliss-reactive ketones (excluding diaryl/α,β-unsaturated/α-hetero) is 1. The van der Waals surface area contributed by atoms with Crippen LogP contribution in [0.15, 0.2) is 0 Å². The van der Waals surface area contributed by atoms with E-state index in [1.807, 2.05) is 20.8 Å². The number of carbonyl (C=O) groups excluding carboxylic acids is 1. The molecule has 0 aliphatic heterocycles. The van der Waals surface area contributed by atoms with Crippen molar-refractivity contribution in [2.24, 2.45) is 5.73 Å². The predicted octanol–water partition coefficient (Wildman–Crippen LogP) is 2.00. The zero-order chi connectivity index (χ0) is 11.4. The number of aromatic nitrogens is 1. The van der Waals surface area contributed by atoms with Crippen LogP contribution in [0.2, 0.25) is 0 Å². The number of rotatable bonds is 5. The van der Waals surface area contributed by atoms with Gasteiger partial charge in [0.2, 0.25) is 0 Å². The molecule has 1 unspecified atom stereocenters. The molecule has 15 heavy (non-hydrogen) atoms. The van der Waals surface area contributed by atoms with E-state index in [9.17, 15) is 4.79 Å². The van der Waals surface area contributed by atoms with E-state index in [2.05, 4.69) is 4.98 Å². The molecule has 84 valence electrons. The molecule has 0 spiro atoms. The van der Waals surface area contributed by atoms with Crippen LogP contribution in [0.3, 0.4) is 0 Å². The maximum absolute atomic E-state index is 11.6. The van der Waals surface area contributed by atoms with Gasteiger partial charge in [0.1, 0.15) is 10.8 Å². The van der Waals surface area contributed by atoms with Crippen molar-refractivity contribution in [3.8, 4) is 0 Å². The minimum atomic E-state index is -0.000318. The lowest BCUT2D eigenvalue weighted by molar-refractivity contribution is -0.118. The summed E-state index contributed by atoms with van der Waals surface area (Å²) < 4.78 is 0. The molecule has 0 radical (unpaired) electrons. The summed E-state index contributed by atoms with van der Waals surface area (Å²) in [4.78, 5) is 17.1. The lowest BCUT2D eigenvalue weighted by Crippen LogP contribution is -2.23. The van der Waals surface area contributed by atoms with Crippen LogP contribution in [-0.4, -0.2) is 16.8 Å². The van der Waals surface area contributed by atoms with Crippen molar-refractivity contribution in [1.29, 1.82) is 0 Å². The molecule has 1 heterocycles. The van der Waals surface area contributed by atoms with Gasteiger partial charge in [-0.05, 0) is 20.3 Å². The first-order valence-corrected chi connectivity index (χ1v) is 6.04. The van der Waals surface area contributed by atoms with Gasteiger partial charge in [-0.3, -0.25) is 4.79 Å². The molecule has 1 aromatic rings. The van der Waals surface area contributed by atoms with Gasteiger partial charge in [-0.25, -0.2) is 4.98 Å². The first kappa shape index (κ1) is 12.3. The Morgan fingerprint density at radius 2 is 2.20 bits per heavy atom. The highest BCUT2D eigenvalue weighted by Gasteiger charge is 2.11. The van der Waals surface area contributed by atoms with Crippen LogP contribution in [0.1, 0.15) is 35.3 Å². The Bertz CT molecular complexity index is 327. The fraction of sp³-hybridized carbons (Fsp3) is 0.636. The number of thiazole rings is 1. The number of ketones is 1. The van der Waals surface area contributed by atoms with Crippen molar-refractivity contribution in [3.63, 3.8) is 0 Å². The largest absolute Gasteiger partial charge is 0.327 e. The Morgan fingerprint density at radius 1 is 1.53 bits per heavy atom. The molecule has 0 aromatic carbocycles. The molecular weight excluding hydrogens is 208 g/mol. The van der Waals surface area contributed by atoms with Crippen LogP contribution >= 0.6 is 11.3 Å². The molecule has 0 saturated carbocycles. The van der Waals surface area contributed by atoms with Gasteiger partial charge in [0.25, 0.3) is 0 Å². The average Bonchev–Trinajstić information content (AvgIpc) is 2.45. The zero-order valence-corrected chi connectivity index (χ0v) is 10.4. The summed E-state index contributed by atoms with van der Waals surface area (Å²) in [5.74, 6) is 0.193. The van der Waals surface area contributed by atoms with E-state index in [0.717, 1.165) is 17.1 Å². The molecule has 0 fully saturated rings. The summed E-state index contributed by atoms with van der Waals surface area (Å²) >= 11 is 1.60. The van der Waals surface area contributed by atoms with Crippen molar-refractivity contribution in [3.05, 3.63) is 15.6 Å². The van der Waals surface area contributed by atoms with E-state index >= 15 is 0 Å². The third-order valence-electron chi connectivity index (χ3n) is 2.44. The molecule has 0 aliphatic carbocycles. The Labute approximate surface area is 94.7 Å². The summed E-state index contributed by atoms with van der Waals surface area (Å²) in [6.45, 7) is 5.99. The highest BCUT2D eigenvalue weighted by molar-refractivity contribution is 7.11. The SMILES string of the molecule is CCC(N)CC(=O)Cc1nc(C)c(C)s1. The van der Waals surface area contributed by atoms with Crippen molar-refractivity contribution in [2.75, 3.05) is 0 Å². The van der Waals surface area contributed by atoms with Gasteiger partial charge in [0.15, 0.2) is 0 Å². The van der Waals surface area contributed by atoms with E-state index in [-0.39, 0.29) is 11.8 Å². The van der Waals surface area contributed by atoms with Crippen LogP contribution < -0.4 is 5.73 Å². The smallest absolute Gasteiger partial charge is 0.141 e. The maximum atomic E-state index is 11.6.